The van der Waals surface area contributed by atoms with E-state index in [-0.39, 0.29) is 30.2 Å². The Morgan fingerprint density at radius 2 is 1.87 bits per heavy atom. The van der Waals surface area contributed by atoms with E-state index in [0.717, 1.165) is 0 Å². The Balaban J connectivity index is 3.08. The Kier molecular flexibility index (Phi) is 9.32. The Labute approximate surface area is 179 Å². The normalized spacial score (nSPS) is 19.8. The summed E-state index contributed by atoms with van der Waals surface area (Å²) in [5.41, 5.74) is -0.253. The van der Waals surface area contributed by atoms with Crippen LogP contribution in [0.4, 0.5) is 4.79 Å². The molecule has 0 aromatic carbocycles. The highest BCUT2D eigenvalue weighted by Crippen LogP contribution is 2.25. The number of carbonyl (C=O) groups excluding carboxylic acids is 4. The van der Waals surface area contributed by atoms with E-state index in [4.69, 9.17) is 4.74 Å². The lowest BCUT2D eigenvalue weighted by Crippen LogP contribution is -2.59. The van der Waals surface area contributed by atoms with Crippen LogP contribution < -0.4 is 16.0 Å². The van der Waals surface area contributed by atoms with Gasteiger partial charge in [0.25, 0.3) is 0 Å². The zero-order valence-electron chi connectivity index (χ0n) is 18.9. The lowest BCUT2D eigenvalue weighted by molar-refractivity contribution is -0.147. The Bertz CT molecular complexity index is 656. The first-order valence-electron chi connectivity index (χ1n) is 10.2. The van der Waals surface area contributed by atoms with E-state index in [0.29, 0.717) is 13.0 Å². The quantitative estimate of drug-likeness (QED) is 0.400. The number of urea groups is 1. The molecule has 0 aromatic rings. The molecule has 0 bridgehead atoms. The summed E-state index contributed by atoms with van der Waals surface area (Å²) in [6, 6.07) is -2.79. The molecule has 1 aliphatic rings. The molecule has 1 fully saturated rings. The fourth-order valence-corrected chi connectivity index (χ4v) is 3.35. The van der Waals surface area contributed by atoms with Crippen molar-refractivity contribution in [3.05, 3.63) is 12.7 Å². The van der Waals surface area contributed by atoms with Gasteiger partial charge in [-0.05, 0) is 17.8 Å². The van der Waals surface area contributed by atoms with E-state index >= 15 is 0 Å². The van der Waals surface area contributed by atoms with E-state index in [2.05, 4.69) is 22.5 Å². The zero-order chi connectivity index (χ0) is 23.1. The zero-order valence-corrected chi connectivity index (χ0v) is 18.9. The summed E-state index contributed by atoms with van der Waals surface area (Å²) in [6.45, 7) is 13.6. The monoisotopic (exact) mass is 424 g/mol. The van der Waals surface area contributed by atoms with Gasteiger partial charge in [0, 0.05) is 19.5 Å². The number of carbonyl (C=O) groups is 4. The minimum Gasteiger partial charge on any atom is -0.467 e. The number of esters is 1. The molecule has 0 aliphatic carbocycles. The molecule has 1 rings (SSSR count). The van der Waals surface area contributed by atoms with Crippen LogP contribution in [0.5, 0.6) is 0 Å². The van der Waals surface area contributed by atoms with E-state index in [1.165, 1.54) is 12.0 Å². The van der Waals surface area contributed by atoms with Crippen molar-refractivity contribution in [3.8, 4) is 0 Å². The van der Waals surface area contributed by atoms with E-state index < -0.39 is 36.0 Å². The number of methoxy groups -OCH3 is 1. The second kappa shape index (κ2) is 11.0. The minimum atomic E-state index is -0.916. The summed E-state index contributed by atoms with van der Waals surface area (Å²) in [4.78, 5) is 51.8. The first-order chi connectivity index (χ1) is 13.9. The third kappa shape index (κ3) is 7.35. The van der Waals surface area contributed by atoms with Crippen molar-refractivity contribution >= 4 is 23.8 Å². The lowest BCUT2D eigenvalue weighted by Gasteiger charge is -2.31. The number of hydrogen-bond acceptors (Lipinski definition) is 5. The van der Waals surface area contributed by atoms with Gasteiger partial charge in [-0.25, -0.2) is 9.59 Å². The predicted octanol–water partition coefficient (Wildman–Crippen LogP) is 1.19. The van der Waals surface area contributed by atoms with Gasteiger partial charge in [-0.3, -0.25) is 9.59 Å². The van der Waals surface area contributed by atoms with Crippen molar-refractivity contribution in [1.29, 1.82) is 0 Å². The van der Waals surface area contributed by atoms with Gasteiger partial charge in [0.2, 0.25) is 11.8 Å². The number of likely N-dealkylation sites (tertiary alicyclic amines) is 1. The van der Waals surface area contributed by atoms with Crippen molar-refractivity contribution in [2.45, 2.75) is 65.6 Å². The summed E-state index contributed by atoms with van der Waals surface area (Å²) in [5.74, 6) is -1.42. The molecule has 1 saturated heterocycles. The third-order valence-corrected chi connectivity index (χ3v) is 4.81. The summed E-state index contributed by atoms with van der Waals surface area (Å²) in [7, 11) is 1.26. The molecule has 30 heavy (non-hydrogen) atoms. The van der Waals surface area contributed by atoms with Crippen LogP contribution in [0.3, 0.4) is 0 Å². The van der Waals surface area contributed by atoms with E-state index in [1.54, 1.807) is 19.9 Å². The SMILES string of the molecule is C=CCNC(=O)NC1CCN(C(=O)CC(C)(C)C)C1C(=O)NC(C(=O)OC)C(C)C. The minimum absolute atomic E-state index is 0.169. The van der Waals surface area contributed by atoms with E-state index in [1.807, 2.05) is 20.8 Å². The lowest BCUT2D eigenvalue weighted by atomic mass is 9.91. The summed E-state index contributed by atoms with van der Waals surface area (Å²) in [5, 5.41) is 8.09. The molecule has 3 atom stereocenters. The second-order valence-corrected chi connectivity index (χ2v) is 9.06. The molecule has 0 radical (unpaired) electrons. The Hall–Kier alpha value is -2.58. The van der Waals surface area contributed by atoms with Crippen molar-refractivity contribution < 1.29 is 23.9 Å². The maximum Gasteiger partial charge on any atom is 0.328 e. The molecular weight excluding hydrogens is 388 g/mol. The molecule has 0 aromatic heterocycles. The molecule has 0 saturated carbocycles. The van der Waals surface area contributed by atoms with Gasteiger partial charge < -0.3 is 25.6 Å². The van der Waals surface area contributed by atoms with Crippen LogP contribution in [0.25, 0.3) is 0 Å². The maximum atomic E-state index is 13.2. The molecule has 4 amide bonds. The van der Waals surface area contributed by atoms with E-state index in [9.17, 15) is 19.2 Å². The van der Waals surface area contributed by atoms with Crippen LogP contribution >= 0.6 is 0 Å². The van der Waals surface area contributed by atoms with Crippen LogP contribution in [0.1, 0.15) is 47.5 Å². The number of nitrogens with one attached hydrogen (secondary N) is 3. The molecule has 0 spiro atoms. The Morgan fingerprint density at radius 3 is 2.37 bits per heavy atom. The highest BCUT2D eigenvalue weighted by Gasteiger charge is 2.44. The fraction of sp³-hybridized carbons (Fsp3) is 0.714. The molecule has 3 N–H and O–H groups in total. The molecule has 1 aliphatic heterocycles. The van der Waals surface area contributed by atoms with Crippen molar-refractivity contribution in [1.82, 2.24) is 20.9 Å². The number of rotatable bonds is 8. The molecule has 1 heterocycles. The fourth-order valence-electron chi connectivity index (χ4n) is 3.35. The predicted molar refractivity (Wildman–Crippen MR) is 113 cm³/mol. The smallest absolute Gasteiger partial charge is 0.328 e. The van der Waals surface area contributed by atoms with Gasteiger partial charge in [0.1, 0.15) is 12.1 Å². The maximum absolute atomic E-state index is 13.2. The largest absolute Gasteiger partial charge is 0.467 e. The molecular formula is C21H36N4O5. The molecule has 3 unspecified atom stereocenters. The average Bonchev–Trinajstić information content (AvgIpc) is 3.05. The summed E-state index contributed by atoms with van der Waals surface area (Å²) < 4.78 is 4.79. The highest BCUT2D eigenvalue weighted by molar-refractivity contribution is 5.92. The van der Waals surface area contributed by atoms with Crippen LogP contribution in [-0.2, 0) is 19.1 Å². The second-order valence-electron chi connectivity index (χ2n) is 9.06. The van der Waals surface area contributed by atoms with Crippen LogP contribution in [0.15, 0.2) is 12.7 Å². The number of hydrogen-bond donors (Lipinski definition) is 3. The van der Waals surface area contributed by atoms with Crippen molar-refractivity contribution in [3.63, 3.8) is 0 Å². The number of amides is 4. The summed E-state index contributed by atoms with van der Waals surface area (Å²) >= 11 is 0. The number of nitrogens with zero attached hydrogens (tertiary/aromatic N) is 1. The van der Waals surface area contributed by atoms with Crippen molar-refractivity contribution in [2.75, 3.05) is 20.2 Å². The van der Waals surface area contributed by atoms with Gasteiger partial charge in [0.15, 0.2) is 0 Å². The van der Waals surface area contributed by atoms with Crippen LogP contribution in [0.2, 0.25) is 0 Å². The first kappa shape index (κ1) is 25.5. The van der Waals surface area contributed by atoms with Gasteiger partial charge in [0.05, 0.1) is 13.2 Å². The Morgan fingerprint density at radius 1 is 1.23 bits per heavy atom. The van der Waals surface area contributed by atoms with Crippen molar-refractivity contribution in [2.24, 2.45) is 11.3 Å². The van der Waals surface area contributed by atoms with Crippen LogP contribution in [0, 0.1) is 11.3 Å². The number of ether oxygens (including phenoxy) is 1. The molecule has 9 nitrogen and oxygen atoms in total. The van der Waals surface area contributed by atoms with Crippen LogP contribution in [-0.4, -0.2) is 67.0 Å². The summed E-state index contributed by atoms with van der Waals surface area (Å²) in [6.07, 6.45) is 2.23. The van der Waals surface area contributed by atoms with Gasteiger partial charge >= 0.3 is 12.0 Å². The highest BCUT2D eigenvalue weighted by atomic mass is 16.5. The average molecular weight is 425 g/mol. The molecule has 170 valence electrons. The molecule has 9 heteroatoms. The van der Waals surface area contributed by atoms with Gasteiger partial charge in [-0.15, -0.1) is 6.58 Å². The van der Waals surface area contributed by atoms with Gasteiger partial charge in [-0.2, -0.15) is 0 Å². The first-order valence-corrected chi connectivity index (χ1v) is 10.2. The topological polar surface area (TPSA) is 117 Å². The standard InChI is InChI=1S/C21H36N4O5/c1-8-10-22-20(29)23-14-9-11-25(15(26)12-21(4,5)6)17(14)18(27)24-16(13(2)3)19(28)30-7/h8,13-14,16-17H,1,9-12H2,2-7H3,(H,24,27)(H2,22,23,29). The third-order valence-electron chi connectivity index (χ3n) is 4.81. The van der Waals surface area contributed by atoms with Gasteiger partial charge in [-0.1, -0.05) is 40.7 Å².